The molecule has 0 saturated heterocycles. The fraction of sp³-hybridized carbons (Fsp3) is 0. The third kappa shape index (κ3) is 0.998. The van der Waals surface area contributed by atoms with Crippen LogP contribution in [0.3, 0.4) is 0 Å². The summed E-state index contributed by atoms with van der Waals surface area (Å²) in [5.41, 5.74) is 1.85. The Hall–Kier alpha value is -1.32. The molecule has 1 N–H and O–H groups in total. The van der Waals surface area contributed by atoms with Crippen LogP contribution in [0.2, 0.25) is 0 Å². The summed E-state index contributed by atoms with van der Waals surface area (Å²) >= 11 is 0. The molecule has 3 heteroatoms. The largest absolute Gasteiger partial charge is 0.492 e. The number of hydrogen-bond acceptors (Lipinski definition) is 2. The summed E-state index contributed by atoms with van der Waals surface area (Å²) in [6.45, 7) is 1.63. The summed E-state index contributed by atoms with van der Waals surface area (Å²) in [5, 5.41) is 11.8. The zero-order valence-electron chi connectivity index (χ0n) is 7.47. The van der Waals surface area contributed by atoms with Gasteiger partial charge in [-0.15, -0.1) is 0 Å². The van der Waals surface area contributed by atoms with Gasteiger partial charge in [0, 0.05) is 0 Å². The van der Waals surface area contributed by atoms with Crippen molar-refractivity contribution in [3.63, 3.8) is 0 Å². The summed E-state index contributed by atoms with van der Waals surface area (Å²) in [6.07, 6.45) is 0. The third-order valence-electron chi connectivity index (χ3n) is 2.59. The number of benzene rings is 2. The predicted molar refractivity (Wildman–Crippen MR) is 56.0 cm³/mol. The minimum atomic E-state index is -0.797. The van der Waals surface area contributed by atoms with Crippen LogP contribution in [-0.4, -0.2) is 12.1 Å². The molecule has 0 aliphatic carbocycles. The Morgan fingerprint density at radius 2 is 1.93 bits per heavy atom. The standard InChI is InChI=1S/C11H8BO2/c13-12-11-6-5-8-3-1-2-4-9(8)10(11)7-14-12/h1-7,13H. The van der Waals surface area contributed by atoms with Gasteiger partial charge in [0.05, 0.1) is 6.61 Å². The Morgan fingerprint density at radius 3 is 2.86 bits per heavy atom. The first-order chi connectivity index (χ1) is 6.86. The van der Waals surface area contributed by atoms with Crippen molar-refractivity contribution in [3.8, 4) is 0 Å². The van der Waals surface area contributed by atoms with Crippen LogP contribution < -0.4 is 5.46 Å². The molecule has 0 fully saturated rings. The fourth-order valence-electron chi connectivity index (χ4n) is 1.87. The molecule has 0 unspecified atom stereocenters. The maximum atomic E-state index is 9.49. The lowest BCUT2D eigenvalue weighted by molar-refractivity contribution is 0.366. The average Bonchev–Trinajstić information content (AvgIpc) is 2.61. The Labute approximate surface area is 82.3 Å². The first-order valence-electron chi connectivity index (χ1n) is 4.54. The van der Waals surface area contributed by atoms with Crippen molar-refractivity contribution in [3.05, 3.63) is 48.6 Å². The van der Waals surface area contributed by atoms with Gasteiger partial charge in [-0.1, -0.05) is 36.4 Å². The molecule has 0 spiro atoms. The molecule has 0 bridgehead atoms. The molecule has 2 aromatic carbocycles. The van der Waals surface area contributed by atoms with E-state index in [1.165, 1.54) is 5.39 Å². The molecule has 1 aliphatic rings. The zero-order chi connectivity index (χ0) is 9.54. The lowest BCUT2D eigenvalue weighted by Crippen LogP contribution is -2.27. The van der Waals surface area contributed by atoms with E-state index in [1.807, 2.05) is 36.4 Å². The van der Waals surface area contributed by atoms with Gasteiger partial charge >= 0.3 is 7.12 Å². The third-order valence-corrected chi connectivity index (χ3v) is 2.59. The second kappa shape index (κ2) is 2.84. The van der Waals surface area contributed by atoms with E-state index in [0.29, 0.717) is 0 Å². The van der Waals surface area contributed by atoms with E-state index < -0.39 is 7.12 Å². The van der Waals surface area contributed by atoms with Gasteiger partial charge in [-0.3, -0.25) is 0 Å². The maximum Gasteiger partial charge on any atom is 0.492 e. The normalized spacial score (nSPS) is 14.8. The quantitative estimate of drug-likeness (QED) is 0.619. The molecule has 0 saturated carbocycles. The van der Waals surface area contributed by atoms with Gasteiger partial charge in [-0.2, -0.15) is 0 Å². The number of hydrogen-bond donors (Lipinski definition) is 1. The van der Waals surface area contributed by atoms with E-state index in [0.717, 1.165) is 16.4 Å². The van der Waals surface area contributed by atoms with Crippen LogP contribution in [0.5, 0.6) is 0 Å². The van der Waals surface area contributed by atoms with E-state index in [4.69, 9.17) is 4.65 Å². The highest BCUT2D eigenvalue weighted by atomic mass is 16.5. The molecular weight excluding hydrogens is 175 g/mol. The van der Waals surface area contributed by atoms with Crippen LogP contribution in [0.15, 0.2) is 36.4 Å². The van der Waals surface area contributed by atoms with Crippen molar-refractivity contribution < 1.29 is 9.68 Å². The van der Waals surface area contributed by atoms with Crippen LogP contribution >= 0.6 is 0 Å². The van der Waals surface area contributed by atoms with E-state index in [1.54, 1.807) is 6.61 Å². The highest BCUT2D eigenvalue weighted by Crippen LogP contribution is 2.22. The smallest absolute Gasteiger partial charge is 0.423 e. The Morgan fingerprint density at radius 1 is 1.07 bits per heavy atom. The van der Waals surface area contributed by atoms with Crippen molar-refractivity contribution >= 4 is 23.4 Å². The Kier molecular flexibility index (Phi) is 1.63. The lowest BCUT2D eigenvalue weighted by atomic mass is 9.78. The summed E-state index contributed by atoms with van der Waals surface area (Å²) in [6, 6.07) is 12.0. The van der Waals surface area contributed by atoms with Crippen LogP contribution in [0.4, 0.5) is 0 Å². The summed E-state index contributed by atoms with van der Waals surface area (Å²) < 4.78 is 5.06. The van der Waals surface area contributed by atoms with Crippen LogP contribution in [0, 0.1) is 6.61 Å². The van der Waals surface area contributed by atoms with E-state index >= 15 is 0 Å². The highest BCUT2D eigenvalue weighted by molar-refractivity contribution is 6.62. The summed E-state index contributed by atoms with van der Waals surface area (Å²) in [5.74, 6) is 0. The monoisotopic (exact) mass is 183 g/mol. The SMILES string of the molecule is OB1O[CH]c2c1ccc1ccccc21. The first-order valence-corrected chi connectivity index (χ1v) is 4.54. The zero-order valence-corrected chi connectivity index (χ0v) is 7.47. The molecule has 67 valence electrons. The van der Waals surface area contributed by atoms with Crippen molar-refractivity contribution in [1.29, 1.82) is 0 Å². The van der Waals surface area contributed by atoms with Gasteiger partial charge in [0.15, 0.2) is 0 Å². The van der Waals surface area contributed by atoms with Gasteiger partial charge in [-0.05, 0) is 21.8 Å². The van der Waals surface area contributed by atoms with Crippen LogP contribution in [0.25, 0.3) is 10.8 Å². The van der Waals surface area contributed by atoms with Crippen molar-refractivity contribution in [1.82, 2.24) is 0 Å². The molecule has 0 atom stereocenters. The molecule has 14 heavy (non-hydrogen) atoms. The average molecular weight is 183 g/mol. The van der Waals surface area contributed by atoms with Crippen LogP contribution in [-0.2, 0) is 4.65 Å². The Balaban J connectivity index is 2.38. The second-order valence-electron chi connectivity index (χ2n) is 3.40. The number of fused-ring (bicyclic) bond motifs is 3. The van der Waals surface area contributed by atoms with E-state index in [9.17, 15) is 5.02 Å². The van der Waals surface area contributed by atoms with Gasteiger partial charge in [-0.25, -0.2) is 0 Å². The molecule has 3 rings (SSSR count). The molecular formula is C11H8BO2. The second-order valence-corrected chi connectivity index (χ2v) is 3.40. The van der Waals surface area contributed by atoms with E-state index in [2.05, 4.69) is 0 Å². The molecule has 2 nitrogen and oxygen atoms in total. The highest BCUT2D eigenvalue weighted by Gasteiger charge is 2.28. The molecule has 2 aromatic rings. The van der Waals surface area contributed by atoms with Crippen LogP contribution in [0.1, 0.15) is 5.56 Å². The summed E-state index contributed by atoms with van der Waals surface area (Å²) in [4.78, 5) is 0. The van der Waals surface area contributed by atoms with Crippen molar-refractivity contribution in [2.45, 2.75) is 0 Å². The molecule has 1 radical (unpaired) electrons. The predicted octanol–water partition coefficient (Wildman–Crippen LogP) is 1.07. The minimum absolute atomic E-state index is 0.797. The topological polar surface area (TPSA) is 29.5 Å². The molecule has 0 amide bonds. The molecule has 0 aromatic heterocycles. The fourth-order valence-corrected chi connectivity index (χ4v) is 1.87. The number of rotatable bonds is 0. The maximum absolute atomic E-state index is 9.49. The van der Waals surface area contributed by atoms with Gasteiger partial charge in [0.1, 0.15) is 0 Å². The Bertz CT molecular complexity index is 496. The minimum Gasteiger partial charge on any atom is -0.423 e. The molecule has 1 heterocycles. The van der Waals surface area contributed by atoms with Gasteiger partial charge in [0.25, 0.3) is 0 Å². The lowest BCUT2D eigenvalue weighted by Gasteiger charge is -2.02. The first kappa shape index (κ1) is 8.03. The van der Waals surface area contributed by atoms with Crippen molar-refractivity contribution in [2.24, 2.45) is 0 Å². The summed E-state index contributed by atoms with van der Waals surface area (Å²) in [7, 11) is -0.797. The van der Waals surface area contributed by atoms with Gasteiger partial charge in [0.2, 0.25) is 0 Å². The van der Waals surface area contributed by atoms with Crippen molar-refractivity contribution in [2.75, 3.05) is 0 Å². The van der Waals surface area contributed by atoms with E-state index in [-0.39, 0.29) is 0 Å². The van der Waals surface area contributed by atoms with Gasteiger partial charge < -0.3 is 9.68 Å². The molecule has 1 aliphatic heterocycles.